The topological polar surface area (TPSA) is 29.6 Å². The van der Waals surface area contributed by atoms with Gasteiger partial charge in [-0.05, 0) is 218 Å². The van der Waals surface area contributed by atoms with Crippen molar-refractivity contribution in [3.63, 3.8) is 0 Å². The summed E-state index contributed by atoms with van der Waals surface area (Å²) in [5, 5.41) is 8.78. The van der Waals surface area contributed by atoms with E-state index < -0.39 is 0 Å². The predicted molar refractivity (Wildman–Crippen MR) is 350 cm³/mol. The highest BCUT2D eigenvalue weighted by Crippen LogP contribution is 2.60. The quantitative estimate of drug-likeness (QED) is 0.138. The molecule has 0 aliphatic heterocycles. The molecule has 6 aromatic heterocycles. The van der Waals surface area contributed by atoms with Gasteiger partial charge in [0.1, 0.15) is 0 Å². The van der Waals surface area contributed by atoms with Crippen LogP contribution in [-0.4, -0.2) is 27.4 Å². The number of para-hydroxylation sites is 6. The van der Waals surface area contributed by atoms with Crippen LogP contribution < -0.4 is 0 Å². The van der Waals surface area contributed by atoms with E-state index in [-0.39, 0.29) is 0 Å². The second-order valence-corrected chi connectivity index (χ2v) is 27.8. The molecule has 0 saturated heterocycles. The molecule has 0 N–H and O–H groups in total. The average molecular weight is 1110 g/mol. The smallest absolute Gasteiger partial charge is 0.0480 e. The highest BCUT2D eigenvalue weighted by atomic mass is 14.9. The number of fused-ring (bicyclic) bond motifs is 6. The maximum Gasteiger partial charge on any atom is 0.0480 e. The Morgan fingerprint density at radius 1 is 0.202 bits per heavy atom. The van der Waals surface area contributed by atoms with Crippen LogP contribution in [0.15, 0.2) is 183 Å². The van der Waals surface area contributed by atoms with Crippen LogP contribution >= 0.6 is 0 Å². The zero-order valence-corrected chi connectivity index (χ0v) is 50.4. The minimum atomic E-state index is 0.501. The van der Waals surface area contributed by atoms with E-state index in [4.69, 9.17) is 0 Å². The molecule has 4 saturated carbocycles. The standard InChI is InChI=1S/C78H84N6/c1-79-43-67(61-19-7-13-25-73(61)79)55-33-49(31-51(35-55)53-37-57(69-45-81(3)75-27-15-9-21-63(69)75)41-58(38-53)70-46-82(4)76-28-16-10-22-64(70)76)50-32-52(36-56(34-50)68-44-80(2)74-26-14-8-20-62(68)74)54-39-59(71-47-83(5)77-29-17-11-23-65(71)77)42-60(40-54)72-48-84(6)78-30-18-12-24-66(72)78/h7-30,43-60H,31-42H2,1-6H3. The van der Waals surface area contributed by atoms with E-state index in [0.717, 1.165) is 0 Å². The van der Waals surface area contributed by atoms with E-state index in [0.29, 0.717) is 71.0 Å². The third kappa shape index (κ3) is 8.76. The van der Waals surface area contributed by atoms with Gasteiger partial charge in [0.25, 0.3) is 0 Å². The van der Waals surface area contributed by atoms with Gasteiger partial charge in [-0.1, -0.05) is 109 Å². The van der Waals surface area contributed by atoms with Gasteiger partial charge in [-0.2, -0.15) is 0 Å². The summed E-state index contributed by atoms with van der Waals surface area (Å²) in [5.74, 6) is 6.87. The minimum Gasteiger partial charge on any atom is -0.350 e. The van der Waals surface area contributed by atoms with Gasteiger partial charge in [-0.3, -0.25) is 0 Å². The summed E-state index contributed by atoms with van der Waals surface area (Å²) in [4.78, 5) is 0. The molecule has 6 aromatic carbocycles. The number of hydrogen-bond acceptors (Lipinski definition) is 0. The maximum atomic E-state index is 2.57. The van der Waals surface area contributed by atoms with Crippen molar-refractivity contribution in [2.75, 3.05) is 0 Å². The Bertz CT molecular complexity index is 3970. The Morgan fingerprint density at radius 3 is 0.548 bits per heavy atom. The zero-order valence-electron chi connectivity index (χ0n) is 50.4. The number of aromatic nitrogens is 6. The molecule has 0 bridgehead atoms. The number of hydrogen-bond donors (Lipinski definition) is 0. The third-order valence-electron chi connectivity index (χ3n) is 23.3. The first-order chi connectivity index (χ1) is 41.1. The summed E-state index contributed by atoms with van der Waals surface area (Å²) >= 11 is 0. The molecule has 16 rings (SSSR count). The fourth-order valence-electron chi connectivity index (χ4n) is 19.6. The number of benzene rings is 6. The molecule has 6 nitrogen and oxygen atoms in total. The first-order valence-electron chi connectivity index (χ1n) is 32.3. The molecule has 84 heavy (non-hydrogen) atoms. The third-order valence-corrected chi connectivity index (χ3v) is 23.3. The molecule has 10 atom stereocenters. The van der Waals surface area contributed by atoms with Crippen LogP contribution in [-0.2, 0) is 42.3 Å². The van der Waals surface area contributed by atoms with E-state index >= 15 is 0 Å². The summed E-state index contributed by atoms with van der Waals surface area (Å²) < 4.78 is 14.6. The van der Waals surface area contributed by atoms with E-state index in [2.05, 4.69) is 252 Å². The van der Waals surface area contributed by atoms with Crippen molar-refractivity contribution in [1.29, 1.82) is 0 Å². The summed E-state index contributed by atoms with van der Waals surface area (Å²) in [6.45, 7) is 0. The monoisotopic (exact) mass is 1100 g/mol. The lowest BCUT2D eigenvalue weighted by Gasteiger charge is -2.49. The van der Waals surface area contributed by atoms with Crippen LogP contribution in [0, 0.1) is 35.5 Å². The molecule has 0 radical (unpaired) electrons. The molecule has 10 unspecified atom stereocenters. The molecule has 0 amide bonds. The SMILES string of the molecule is Cn1cc(C2CC(c3cn(C)c4ccccc34)CC(C3CC(c4cn(C)c5ccccc45)CC(C4CC(c5cn(C)c6ccccc56)CC(C5CC(c6cn(C)c7ccccc67)CC(c6cn(C)c7ccccc67)C5)C4)C3)C2)c2ccccc21. The molecule has 6 heteroatoms. The van der Waals surface area contributed by atoms with Gasteiger partial charge in [0.2, 0.25) is 0 Å². The van der Waals surface area contributed by atoms with Crippen molar-refractivity contribution >= 4 is 65.4 Å². The Hall–Kier alpha value is -7.44. The maximum absolute atomic E-state index is 2.57. The lowest BCUT2D eigenvalue weighted by molar-refractivity contribution is 0.0538. The predicted octanol–water partition coefficient (Wildman–Crippen LogP) is 19.1. The summed E-state index contributed by atoms with van der Waals surface area (Å²) in [7, 11) is 13.7. The number of rotatable bonds is 9. The Labute approximate surface area is 496 Å². The van der Waals surface area contributed by atoms with Crippen molar-refractivity contribution in [3.05, 3.63) is 216 Å². The fourth-order valence-corrected chi connectivity index (χ4v) is 19.6. The molecule has 4 aliphatic carbocycles. The number of nitrogens with zero attached hydrogens (tertiary/aromatic N) is 6. The summed E-state index contributed by atoms with van der Waals surface area (Å²) in [6, 6.07) is 55.8. The Morgan fingerprint density at radius 2 is 0.357 bits per heavy atom. The first-order valence-corrected chi connectivity index (χ1v) is 32.3. The normalized spacial score (nSPS) is 27.1. The second-order valence-electron chi connectivity index (χ2n) is 27.8. The van der Waals surface area contributed by atoms with Gasteiger partial charge < -0.3 is 27.4 Å². The minimum absolute atomic E-state index is 0.501. The van der Waals surface area contributed by atoms with E-state index in [1.54, 1.807) is 33.4 Å². The van der Waals surface area contributed by atoms with E-state index in [1.165, 1.54) is 142 Å². The Kier molecular flexibility index (Phi) is 12.8. The largest absolute Gasteiger partial charge is 0.350 e. The lowest BCUT2D eigenvalue weighted by atomic mass is 9.55. The summed E-state index contributed by atoms with van der Waals surface area (Å²) in [5.41, 5.74) is 17.7. The van der Waals surface area contributed by atoms with Crippen LogP contribution in [0.2, 0.25) is 0 Å². The molecule has 0 spiro atoms. The lowest BCUT2D eigenvalue weighted by Crippen LogP contribution is -2.38. The van der Waals surface area contributed by atoms with Gasteiger partial charge in [-0.25, -0.2) is 0 Å². The van der Waals surface area contributed by atoms with Crippen LogP contribution in [0.4, 0.5) is 0 Å². The first kappa shape index (κ1) is 52.1. The molecule has 426 valence electrons. The van der Waals surface area contributed by atoms with Crippen LogP contribution in [0.5, 0.6) is 0 Å². The average Bonchev–Trinajstić information content (AvgIpc) is 4.13. The van der Waals surface area contributed by atoms with Crippen molar-refractivity contribution < 1.29 is 0 Å². The molecule has 12 aromatic rings. The molecular weight excluding hydrogens is 1020 g/mol. The van der Waals surface area contributed by atoms with Gasteiger partial charge in [0.05, 0.1) is 0 Å². The highest BCUT2D eigenvalue weighted by molar-refractivity contribution is 5.89. The van der Waals surface area contributed by atoms with Crippen LogP contribution in [0.25, 0.3) is 65.4 Å². The number of aryl methyl sites for hydroxylation is 6. The van der Waals surface area contributed by atoms with Gasteiger partial charge in [0, 0.05) is 145 Å². The van der Waals surface area contributed by atoms with Crippen molar-refractivity contribution in [3.8, 4) is 0 Å². The molecule has 6 heterocycles. The van der Waals surface area contributed by atoms with Gasteiger partial charge in [0.15, 0.2) is 0 Å². The van der Waals surface area contributed by atoms with Gasteiger partial charge >= 0.3 is 0 Å². The van der Waals surface area contributed by atoms with Crippen molar-refractivity contribution in [2.24, 2.45) is 77.8 Å². The second kappa shape index (κ2) is 20.7. The summed E-state index contributed by atoms with van der Waals surface area (Å²) in [6.07, 6.45) is 30.6. The van der Waals surface area contributed by atoms with Crippen molar-refractivity contribution in [2.45, 2.75) is 113 Å². The molecular formula is C78H84N6. The van der Waals surface area contributed by atoms with Crippen LogP contribution in [0.1, 0.15) is 146 Å². The molecule has 4 fully saturated rings. The highest BCUT2D eigenvalue weighted by Gasteiger charge is 2.47. The fraction of sp³-hybridized carbons (Fsp3) is 0.385. The van der Waals surface area contributed by atoms with E-state index in [1.807, 2.05) is 0 Å². The van der Waals surface area contributed by atoms with Crippen molar-refractivity contribution in [1.82, 2.24) is 27.4 Å². The van der Waals surface area contributed by atoms with Crippen LogP contribution in [0.3, 0.4) is 0 Å². The Balaban J connectivity index is 0.814. The van der Waals surface area contributed by atoms with Gasteiger partial charge in [-0.15, -0.1) is 0 Å². The molecule has 4 aliphatic rings. The zero-order chi connectivity index (χ0) is 56.5. The van der Waals surface area contributed by atoms with E-state index in [9.17, 15) is 0 Å².